The molecule has 15 heavy (non-hydrogen) atoms. The summed E-state index contributed by atoms with van der Waals surface area (Å²) in [6.07, 6.45) is 1.51. The van der Waals surface area contributed by atoms with Gasteiger partial charge >= 0.3 is 0 Å². The fourth-order valence-corrected chi connectivity index (χ4v) is 1.35. The molecule has 1 heterocycles. The molecule has 0 saturated carbocycles. The van der Waals surface area contributed by atoms with E-state index >= 15 is 0 Å². The van der Waals surface area contributed by atoms with Crippen LogP contribution in [-0.4, -0.2) is 11.6 Å². The molecule has 1 aromatic carbocycles. The third kappa shape index (κ3) is 1.88. The molecule has 4 heteroatoms. The van der Waals surface area contributed by atoms with Crippen LogP contribution in [0.25, 0.3) is 11.3 Å². The smallest absolute Gasteiger partial charge is 0.298 e. The lowest BCUT2D eigenvalue weighted by Crippen LogP contribution is -1.91. The van der Waals surface area contributed by atoms with Gasteiger partial charge in [-0.05, 0) is 30.7 Å². The Balaban J connectivity index is 2.37. The summed E-state index contributed by atoms with van der Waals surface area (Å²) >= 11 is 0. The average molecular weight is 203 g/mol. The van der Waals surface area contributed by atoms with Crippen LogP contribution in [-0.2, 0) is 4.79 Å². The highest BCUT2D eigenvalue weighted by atomic mass is 16.5. The van der Waals surface area contributed by atoms with Crippen molar-refractivity contribution < 1.29 is 14.1 Å². The van der Waals surface area contributed by atoms with Crippen LogP contribution in [0.3, 0.4) is 0 Å². The van der Waals surface area contributed by atoms with Gasteiger partial charge in [0.1, 0.15) is 17.7 Å². The lowest BCUT2D eigenvalue weighted by molar-refractivity contribution is -0.120. The Morgan fingerprint density at radius 3 is 2.87 bits per heavy atom. The third-order valence-electron chi connectivity index (χ3n) is 2.08. The highest BCUT2D eigenvalue weighted by Crippen LogP contribution is 2.24. The summed E-state index contributed by atoms with van der Waals surface area (Å²) in [5, 5.41) is 3.82. The molecule has 0 aliphatic rings. The van der Waals surface area contributed by atoms with E-state index in [0.717, 1.165) is 16.8 Å². The van der Waals surface area contributed by atoms with Crippen molar-refractivity contribution in [1.29, 1.82) is 0 Å². The van der Waals surface area contributed by atoms with Crippen LogP contribution in [0.4, 0.5) is 0 Å². The van der Waals surface area contributed by atoms with Crippen LogP contribution in [0.2, 0.25) is 0 Å². The van der Waals surface area contributed by atoms with Gasteiger partial charge in [0.25, 0.3) is 6.47 Å². The van der Waals surface area contributed by atoms with Gasteiger partial charge in [-0.15, -0.1) is 0 Å². The van der Waals surface area contributed by atoms with Crippen LogP contribution in [0.1, 0.15) is 5.56 Å². The number of carbonyl (C=O) groups excluding carboxylic acids is 1. The van der Waals surface area contributed by atoms with E-state index in [2.05, 4.69) is 5.16 Å². The minimum Gasteiger partial charge on any atom is -0.428 e. The van der Waals surface area contributed by atoms with Crippen molar-refractivity contribution in [2.45, 2.75) is 6.92 Å². The average Bonchev–Trinajstić information content (AvgIpc) is 2.74. The highest BCUT2D eigenvalue weighted by Gasteiger charge is 2.04. The molecule has 0 spiro atoms. The lowest BCUT2D eigenvalue weighted by atomic mass is 10.1. The second kappa shape index (κ2) is 3.96. The summed E-state index contributed by atoms with van der Waals surface area (Å²) in [6.45, 7) is 2.28. The second-order valence-electron chi connectivity index (χ2n) is 3.08. The van der Waals surface area contributed by atoms with Crippen LogP contribution in [0, 0.1) is 6.92 Å². The normalized spacial score (nSPS) is 9.93. The van der Waals surface area contributed by atoms with Gasteiger partial charge in [0.2, 0.25) is 0 Å². The largest absolute Gasteiger partial charge is 0.428 e. The molecule has 0 saturated heterocycles. The van der Waals surface area contributed by atoms with E-state index in [9.17, 15) is 4.79 Å². The molecular weight excluding hydrogens is 194 g/mol. The third-order valence-corrected chi connectivity index (χ3v) is 2.08. The van der Waals surface area contributed by atoms with Gasteiger partial charge in [0.05, 0.1) is 0 Å². The monoisotopic (exact) mass is 203 g/mol. The van der Waals surface area contributed by atoms with E-state index in [-0.39, 0.29) is 0 Å². The van der Waals surface area contributed by atoms with Crippen LogP contribution >= 0.6 is 0 Å². The Morgan fingerprint density at radius 2 is 2.27 bits per heavy atom. The van der Waals surface area contributed by atoms with Crippen molar-refractivity contribution in [3.8, 4) is 17.0 Å². The summed E-state index contributed by atoms with van der Waals surface area (Å²) in [5.74, 6) is 0.553. The predicted octanol–water partition coefficient (Wildman–Crippen LogP) is 2.19. The molecule has 0 fully saturated rings. The number of nitrogens with zero attached hydrogens (tertiary/aromatic N) is 1. The number of aryl methyl sites for hydroxylation is 1. The molecule has 4 nitrogen and oxygen atoms in total. The van der Waals surface area contributed by atoms with Crippen molar-refractivity contribution in [2.75, 3.05) is 0 Å². The predicted molar refractivity (Wildman–Crippen MR) is 53.4 cm³/mol. The molecule has 0 N–H and O–H groups in total. The van der Waals surface area contributed by atoms with Gasteiger partial charge < -0.3 is 9.26 Å². The lowest BCUT2D eigenvalue weighted by Gasteiger charge is -2.03. The Morgan fingerprint density at radius 1 is 1.40 bits per heavy atom. The number of hydrogen-bond acceptors (Lipinski definition) is 4. The maximum absolute atomic E-state index is 10.2. The second-order valence-corrected chi connectivity index (χ2v) is 3.08. The van der Waals surface area contributed by atoms with Gasteiger partial charge in [-0.25, -0.2) is 0 Å². The topological polar surface area (TPSA) is 52.3 Å². The summed E-state index contributed by atoms with van der Waals surface area (Å²) in [5.41, 5.74) is 2.57. The summed E-state index contributed by atoms with van der Waals surface area (Å²) < 4.78 is 9.53. The number of ether oxygens (including phenoxy) is 1. The van der Waals surface area contributed by atoms with Crippen molar-refractivity contribution >= 4 is 6.47 Å². The quantitative estimate of drug-likeness (QED) is 0.717. The van der Waals surface area contributed by atoms with Crippen molar-refractivity contribution in [1.82, 2.24) is 5.16 Å². The van der Waals surface area contributed by atoms with Crippen molar-refractivity contribution in [2.24, 2.45) is 0 Å². The number of rotatable bonds is 3. The zero-order chi connectivity index (χ0) is 10.7. The van der Waals surface area contributed by atoms with E-state index in [1.807, 2.05) is 19.1 Å². The maximum atomic E-state index is 10.2. The summed E-state index contributed by atoms with van der Waals surface area (Å²) in [6, 6.07) is 7.21. The number of carbonyl (C=O) groups is 1. The van der Waals surface area contributed by atoms with E-state index in [0.29, 0.717) is 12.2 Å². The van der Waals surface area contributed by atoms with Crippen molar-refractivity contribution in [3.63, 3.8) is 0 Å². The molecular formula is C11H9NO3. The summed E-state index contributed by atoms with van der Waals surface area (Å²) in [7, 11) is 0. The fraction of sp³-hybridized carbons (Fsp3) is 0.0909. The minimum absolute atomic E-state index is 0.415. The zero-order valence-corrected chi connectivity index (χ0v) is 8.14. The SMILES string of the molecule is Cc1cc(-c2ccon2)ccc1OC=O. The van der Waals surface area contributed by atoms with Crippen LogP contribution < -0.4 is 4.74 Å². The van der Waals surface area contributed by atoms with Gasteiger partial charge in [0, 0.05) is 11.6 Å². The first-order chi connectivity index (χ1) is 7.31. The molecule has 76 valence electrons. The van der Waals surface area contributed by atoms with Gasteiger partial charge in [-0.1, -0.05) is 5.16 Å². The number of aromatic nitrogens is 1. The fourth-order valence-electron chi connectivity index (χ4n) is 1.35. The molecule has 0 atom stereocenters. The Bertz CT molecular complexity index is 463. The Labute approximate surface area is 86.5 Å². The maximum Gasteiger partial charge on any atom is 0.298 e. The van der Waals surface area contributed by atoms with Gasteiger partial charge in [-0.2, -0.15) is 0 Å². The molecule has 1 aromatic heterocycles. The standard InChI is InChI=1S/C11H9NO3/c1-8-6-9(10-4-5-15-12-10)2-3-11(8)14-7-13/h2-7H,1H3. The van der Waals surface area contributed by atoms with Crippen molar-refractivity contribution in [3.05, 3.63) is 36.1 Å². The Hall–Kier alpha value is -2.10. The molecule has 2 aromatic rings. The molecule has 0 unspecified atom stereocenters. The van der Waals surface area contributed by atoms with Crippen LogP contribution in [0.5, 0.6) is 5.75 Å². The van der Waals surface area contributed by atoms with Gasteiger partial charge in [0.15, 0.2) is 0 Å². The minimum atomic E-state index is 0.415. The zero-order valence-electron chi connectivity index (χ0n) is 8.14. The van der Waals surface area contributed by atoms with E-state index in [1.54, 1.807) is 12.1 Å². The molecule has 0 radical (unpaired) electrons. The van der Waals surface area contributed by atoms with Gasteiger partial charge in [-0.3, -0.25) is 4.79 Å². The number of hydrogen-bond donors (Lipinski definition) is 0. The molecule has 0 bridgehead atoms. The molecule has 0 aliphatic heterocycles. The first kappa shape index (κ1) is 9.45. The first-order valence-electron chi connectivity index (χ1n) is 4.43. The molecule has 0 aliphatic carbocycles. The van der Waals surface area contributed by atoms with E-state index in [1.165, 1.54) is 6.26 Å². The molecule has 0 amide bonds. The number of benzene rings is 1. The van der Waals surface area contributed by atoms with E-state index < -0.39 is 0 Å². The van der Waals surface area contributed by atoms with Crippen LogP contribution in [0.15, 0.2) is 35.1 Å². The van der Waals surface area contributed by atoms with E-state index in [4.69, 9.17) is 9.26 Å². The Kier molecular flexibility index (Phi) is 2.49. The highest BCUT2D eigenvalue weighted by molar-refractivity contribution is 5.62. The summed E-state index contributed by atoms with van der Waals surface area (Å²) in [4.78, 5) is 10.2. The molecule has 2 rings (SSSR count). The first-order valence-corrected chi connectivity index (χ1v) is 4.43.